The Morgan fingerprint density at radius 1 is 1.35 bits per heavy atom. The summed E-state index contributed by atoms with van der Waals surface area (Å²) in [5, 5.41) is 3.45. The van der Waals surface area contributed by atoms with Gasteiger partial charge in [-0.25, -0.2) is 0 Å². The maximum atomic E-state index is 5.84. The summed E-state index contributed by atoms with van der Waals surface area (Å²) in [5.41, 5.74) is 1.38. The molecule has 0 fully saturated rings. The summed E-state index contributed by atoms with van der Waals surface area (Å²) in [5.74, 6) is 2.03. The predicted molar refractivity (Wildman–Crippen MR) is 82.9 cm³/mol. The first-order valence-corrected chi connectivity index (χ1v) is 7.40. The quantitative estimate of drug-likeness (QED) is 0.795. The number of hydrogen-bond donors (Lipinski definition) is 1. The minimum Gasteiger partial charge on any atom is -0.465 e. The maximum Gasteiger partial charge on any atom is 0.118 e. The maximum absolute atomic E-state index is 5.84. The zero-order chi connectivity index (χ0) is 15.2. The number of ether oxygens (including phenoxy) is 1. The van der Waals surface area contributed by atoms with Gasteiger partial charge in [-0.05, 0) is 40.3 Å². The van der Waals surface area contributed by atoms with E-state index >= 15 is 0 Å². The predicted octanol–water partition coefficient (Wildman–Crippen LogP) is 2.94. The molecule has 116 valence electrons. The number of nitrogens with zero attached hydrogens (tertiary/aromatic N) is 1. The number of methoxy groups -OCH3 is 1. The van der Waals surface area contributed by atoms with Gasteiger partial charge >= 0.3 is 0 Å². The number of likely N-dealkylation sites (N-methyl/N-ethyl adjacent to an activating group) is 1. The number of aryl methyl sites for hydroxylation is 1. The number of hydrogen-bond acceptors (Lipinski definition) is 4. The molecule has 0 spiro atoms. The Balaban J connectivity index is 2.60. The molecule has 1 N–H and O–H groups in total. The first kappa shape index (κ1) is 17.2. The number of nitrogens with one attached hydrogen (secondary N) is 1. The first-order valence-electron chi connectivity index (χ1n) is 7.40. The average molecular weight is 282 g/mol. The Kier molecular flexibility index (Phi) is 6.72. The van der Waals surface area contributed by atoms with Gasteiger partial charge in [-0.15, -0.1) is 0 Å². The van der Waals surface area contributed by atoms with Crippen molar-refractivity contribution in [1.82, 2.24) is 10.2 Å². The van der Waals surface area contributed by atoms with E-state index in [4.69, 9.17) is 9.15 Å². The molecule has 0 aliphatic rings. The zero-order valence-electron chi connectivity index (χ0n) is 13.9. The molecule has 0 aliphatic carbocycles. The average Bonchev–Trinajstić information content (AvgIpc) is 2.72. The second-order valence-corrected chi connectivity index (χ2v) is 6.26. The van der Waals surface area contributed by atoms with E-state index in [-0.39, 0.29) is 5.54 Å². The van der Waals surface area contributed by atoms with Crippen LogP contribution in [0.2, 0.25) is 0 Å². The van der Waals surface area contributed by atoms with Crippen molar-refractivity contribution < 1.29 is 9.15 Å². The molecule has 4 heteroatoms. The van der Waals surface area contributed by atoms with Crippen LogP contribution in [0.25, 0.3) is 0 Å². The fourth-order valence-electron chi connectivity index (χ4n) is 1.99. The number of rotatable bonds is 8. The highest BCUT2D eigenvalue weighted by atomic mass is 16.5. The molecule has 1 heterocycles. The molecule has 0 amide bonds. The summed E-state index contributed by atoms with van der Waals surface area (Å²) in [6.45, 7) is 15.1. The van der Waals surface area contributed by atoms with E-state index in [9.17, 15) is 0 Å². The molecule has 1 aromatic heterocycles. The minimum atomic E-state index is 0.106. The molecule has 1 rings (SSSR count). The monoisotopic (exact) mass is 282 g/mol. The Labute approximate surface area is 123 Å². The third-order valence-corrected chi connectivity index (χ3v) is 3.32. The smallest absolute Gasteiger partial charge is 0.118 e. The molecule has 0 aromatic carbocycles. The highest BCUT2D eigenvalue weighted by Gasteiger charge is 2.14. The minimum absolute atomic E-state index is 0.106. The molecular weight excluding hydrogens is 252 g/mol. The summed E-state index contributed by atoms with van der Waals surface area (Å²) in [6.07, 6.45) is 0. The van der Waals surface area contributed by atoms with Crippen LogP contribution in [0.15, 0.2) is 10.5 Å². The molecule has 20 heavy (non-hydrogen) atoms. The molecule has 0 saturated carbocycles. The van der Waals surface area contributed by atoms with E-state index in [0.29, 0.717) is 0 Å². The van der Waals surface area contributed by atoms with Gasteiger partial charge in [-0.3, -0.25) is 4.90 Å². The van der Waals surface area contributed by atoms with Crippen LogP contribution in [0.5, 0.6) is 0 Å². The third kappa shape index (κ3) is 6.07. The molecule has 0 aliphatic heterocycles. The van der Waals surface area contributed by atoms with Gasteiger partial charge in [0, 0.05) is 31.3 Å². The van der Waals surface area contributed by atoms with Crippen molar-refractivity contribution in [2.75, 3.05) is 26.8 Å². The van der Waals surface area contributed by atoms with Gasteiger partial charge in [-0.2, -0.15) is 0 Å². The lowest BCUT2D eigenvalue weighted by atomic mass is 10.1. The fourth-order valence-corrected chi connectivity index (χ4v) is 1.99. The topological polar surface area (TPSA) is 37.6 Å². The van der Waals surface area contributed by atoms with Crippen molar-refractivity contribution in [3.8, 4) is 0 Å². The second-order valence-electron chi connectivity index (χ2n) is 6.26. The second kappa shape index (κ2) is 7.81. The zero-order valence-corrected chi connectivity index (χ0v) is 13.9. The molecule has 1 aromatic rings. The molecule has 0 unspecified atom stereocenters. The molecule has 0 saturated heterocycles. The summed E-state index contributed by atoms with van der Waals surface area (Å²) in [4.78, 5) is 2.36. The highest BCUT2D eigenvalue weighted by molar-refractivity contribution is 5.20. The van der Waals surface area contributed by atoms with Crippen LogP contribution in [0.3, 0.4) is 0 Å². The van der Waals surface area contributed by atoms with Gasteiger partial charge in [0.2, 0.25) is 0 Å². The van der Waals surface area contributed by atoms with Crippen molar-refractivity contribution in [2.45, 2.75) is 53.2 Å². The Hall–Kier alpha value is -0.840. The highest BCUT2D eigenvalue weighted by Crippen LogP contribution is 2.17. The largest absolute Gasteiger partial charge is 0.465 e. The Morgan fingerprint density at radius 2 is 2.05 bits per heavy atom. The van der Waals surface area contributed by atoms with Crippen molar-refractivity contribution >= 4 is 0 Å². The fraction of sp³-hybridized carbons (Fsp3) is 0.750. The number of furan rings is 1. The SMILES string of the molecule is CCN(CCOC)Cc1cc(CNC(C)(C)C)oc1C. The van der Waals surface area contributed by atoms with Crippen LogP contribution < -0.4 is 5.32 Å². The standard InChI is InChI=1S/C16H30N2O2/c1-7-18(8-9-19-6)12-14-10-15(20-13(14)2)11-17-16(3,4)5/h10,17H,7-9,11-12H2,1-6H3. The van der Waals surface area contributed by atoms with Crippen LogP contribution in [-0.2, 0) is 17.8 Å². The van der Waals surface area contributed by atoms with E-state index < -0.39 is 0 Å². The normalized spacial score (nSPS) is 12.3. The summed E-state index contributed by atoms with van der Waals surface area (Å²) < 4.78 is 11.0. The van der Waals surface area contributed by atoms with Crippen LogP contribution in [0.1, 0.15) is 44.8 Å². The summed E-state index contributed by atoms with van der Waals surface area (Å²) in [6, 6.07) is 2.17. The van der Waals surface area contributed by atoms with Crippen molar-refractivity contribution in [2.24, 2.45) is 0 Å². The summed E-state index contributed by atoms with van der Waals surface area (Å²) >= 11 is 0. The van der Waals surface area contributed by atoms with E-state index in [1.165, 1.54) is 5.56 Å². The van der Waals surface area contributed by atoms with E-state index in [1.807, 2.05) is 6.92 Å². The van der Waals surface area contributed by atoms with Gasteiger partial charge in [-0.1, -0.05) is 6.92 Å². The molecular formula is C16H30N2O2. The lowest BCUT2D eigenvalue weighted by molar-refractivity contribution is 0.147. The van der Waals surface area contributed by atoms with Crippen molar-refractivity contribution in [3.05, 3.63) is 23.2 Å². The third-order valence-electron chi connectivity index (χ3n) is 3.32. The van der Waals surface area contributed by atoms with Gasteiger partial charge in [0.1, 0.15) is 11.5 Å². The van der Waals surface area contributed by atoms with Crippen LogP contribution in [0.4, 0.5) is 0 Å². The van der Waals surface area contributed by atoms with Crippen molar-refractivity contribution in [1.29, 1.82) is 0 Å². The summed E-state index contributed by atoms with van der Waals surface area (Å²) in [7, 11) is 1.74. The van der Waals surface area contributed by atoms with Gasteiger partial charge in [0.25, 0.3) is 0 Å². The van der Waals surface area contributed by atoms with E-state index in [0.717, 1.165) is 44.3 Å². The van der Waals surface area contributed by atoms with Gasteiger partial charge in [0.05, 0.1) is 13.2 Å². The molecule has 0 radical (unpaired) electrons. The van der Waals surface area contributed by atoms with E-state index in [2.05, 4.69) is 44.0 Å². The van der Waals surface area contributed by atoms with Crippen LogP contribution in [-0.4, -0.2) is 37.2 Å². The molecule has 0 bridgehead atoms. The Bertz CT molecular complexity index is 394. The van der Waals surface area contributed by atoms with Gasteiger partial charge < -0.3 is 14.5 Å². The lowest BCUT2D eigenvalue weighted by Crippen LogP contribution is -2.34. The van der Waals surface area contributed by atoms with Gasteiger partial charge in [0.15, 0.2) is 0 Å². The first-order chi connectivity index (χ1) is 9.35. The van der Waals surface area contributed by atoms with Crippen LogP contribution >= 0.6 is 0 Å². The van der Waals surface area contributed by atoms with Crippen molar-refractivity contribution in [3.63, 3.8) is 0 Å². The molecule has 4 nitrogen and oxygen atoms in total. The van der Waals surface area contributed by atoms with E-state index in [1.54, 1.807) is 7.11 Å². The Morgan fingerprint density at radius 3 is 2.60 bits per heavy atom. The van der Waals surface area contributed by atoms with Crippen LogP contribution in [0, 0.1) is 6.92 Å². The lowest BCUT2D eigenvalue weighted by Gasteiger charge is -2.19. The molecule has 0 atom stereocenters.